The maximum atomic E-state index is 13.2. The molecule has 2 aromatic rings. The molecule has 3 unspecified atom stereocenters. The third kappa shape index (κ3) is 4.58. The smallest absolute Gasteiger partial charge is 0.227 e. The summed E-state index contributed by atoms with van der Waals surface area (Å²) >= 11 is 0. The first-order chi connectivity index (χ1) is 14.5. The van der Waals surface area contributed by atoms with Crippen LogP contribution in [-0.2, 0) is 9.59 Å². The van der Waals surface area contributed by atoms with Gasteiger partial charge in [-0.05, 0) is 61.7 Å². The number of benzene rings is 2. The van der Waals surface area contributed by atoms with Crippen molar-refractivity contribution >= 4 is 17.5 Å². The number of hydrogen-bond acceptors (Lipinski definition) is 4. The summed E-state index contributed by atoms with van der Waals surface area (Å²) < 4.78 is 10.5. The van der Waals surface area contributed by atoms with Gasteiger partial charge in [0.2, 0.25) is 11.8 Å². The predicted octanol–water partition coefficient (Wildman–Crippen LogP) is 4.10. The minimum atomic E-state index is -0.394. The zero-order valence-corrected chi connectivity index (χ0v) is 18.1. The van der Waals surface area contributed by atoms with E-state index in [2.05, 4.69) is 5.32 Å². The first-order valence-electron chi connectivity index (χ1n) is 10.4. The molecule has 2 amide bonds. The molecule has 0 spiro atoms. The molecule has 0 radical (unpaired) electrons. The highest BCUT2D eigenvalue weighted by molar-refractivity contribution is 5.97. The van der Waals surface area contributed by atoms with Gasteiger partial charge in [0, 0.05) is 18.2 Å². The molecule has 0 aliphatic carbocycles. The standard InChI is InChI=1S/C24H30N2O4/c1-5-16(2)25-24(28)21-14-15-22(27)26(18-8-12-20(30-4)13-9-18)23(21)17-6-10-19(29-3)11-7-17/h6-13,16,21,23H,5,14-15H2,1-4H3,(H,25,28). The van der Waals surface area contributed by atoms with Gasteiger partial charge in [0.1, 0.15) is 11.5 Å². The number of carbonyl (C=O) groups excluding carboxylic acids is 2. The maximum absolute atomic E-state index is 13.2. The molecule has 1 saturated heterocycles. The van der Waals surface area contributed by atoms with Crippen molar-refractivity contribution in [1.29, 1.82) is 0 Å². The highest BCUT2D eigenvalue weighted by Gasteiger charge is 2.41. The number of nitrogens with zero attached hydrogens (tertiary/aromatic N) is 1. The van der Waals surface area contributed by atoms with Gasteiger partial charge in [-0.2, -0.15) is 0 Å². The van der Waals surface area contributed by atoms with Crippen molar-refractivity contribution in [1.82, 2.24) is 5.32 Å². The van der Waals surface area contributed by atoms with Gasteiger partial charge in [-0.25, -0.2) is 0 Å². The maximum Gasteiger partial charge on any atom is 0.227 e. The summed E-state index contributed by atoms with van der Waals surface area (Å²) in [4.78, 5) is 28.0. The summed E-state index contributed by atoms with van der Waals surface area (Å²) in [6, 6.07) is 14.7. The lowest BCUT2D eigenvalue weighted by molar-refractivity contribution is -0.129. The van der Waals surface area contributed by atoms with E-state index in [0.717, 1.165) is 29.2 Å². The fourth-order valence-corrected chi connectivity index (χ4v) is 3.85. The Bertz CT molecular complexity index is 864. The molecule has 3 rings (SSSR count). The van der Waals surface area contributed by atoms with E-state index in [4.69, 9.17) is 9.47 Å². The normalized spacial score (nSPS) is 19.9. The van der Waals surface area contributed by atoms with Crippen LogP contribution in [0.5, 0.6) is 11.5 Å². The zero-order valence-electron chi connectivity index (χ0n) is 18.1. The van der Waals surface area contributed by atoms with Crippen LogP contribution >= 0.6 is 0 Å². The van der Waals surface area contributed by atoms with E-state index in [1.165, 1.54) is 0 Å². The van der Waals surface area contributed by atoms with Crippen LogP contribution in [0.25, 0.3) is 0 Å². The topological polar surface area (TPSA) is 67.9 Å². The Morgan fingerprint density at radius 1 is 1.07 bits per heavy atom. The van der Waals surface area contributed by atoms with E-state index in [1.54, 1.807) is 19.1 Å². The summed E-state index contributed by atoms with van der Waals surface area (Å²) in [5.74, 6) is 1.10. The fourth-order valence-electron chi connectivity index (χ4n) is 3.85. The minimum absolute atomic E-state index is 0.00794. The molecule has 1 N–H and O–H groups in total. The quantitative estimate of drug-likeness (QED) is 0.746. The SMILES string of the molecule is CCC(C)NC(=O)C1CCC(=O)N(c2ccc(OC)cc2)C1c1ccc(OC)cc1. The number of piperidine rings is 1. The van der Waals surface area contributed by atoms with Crippen LogP contribution in [-0.4, -0.2) is 32.1 Å². The van der Waals surface area contributed by atoms with Crippen LogP contribution in [0.1, 0.15) is 44.7 Å². The Balaban J connectivity index is 2.03. The Hall–Kier alpha value is -3.02. The Morgan fingerprint density at radius 2 is 1.63 bits per heavy atom. The molecule has 0 bridgehead atoms. The van der Waals surface area contributed by atoms with Crippen LogP contribution in [0.3, 0.4) is 0 Å². The van der Waals surface area contributed by atoms with Crippen molar-refractivity contribution in [2.75, 3.05) is 19.1 Å². The first-order valence-corrected chi connectivity index (χ1v) is 10.4. The molecule has 1 aliphatic heterocycles. The van der Waals surface area contributed by atoms with Crippen LogP contribution in [0.15, 0.2) is 48.5 Å². The molecule has 0 aromatic heterocycles. The zero-order chi connectivity index (χ0) is 21.7. The van der Waals surface area contributed by atoms with Gasteiger partial charge in [-0.3, -0.25) is 9.59 Å². The molecule has 160 valence electrons. The number of carbonyl (C=O) groups is 2. The Labute approximate surface area is 178 Å². The predicted molar refractivity (Wildman–Crippen MR) is 117 cm³/mol. The van der Waals surface area contributed by atoms with Gasteiger partial charge in [0.05, 0.1) is 26.2 Å². The number of anilines is 1. The largest absolute Gasteiger partial charge is 0.497 e. The lowest BCUT2D eigenvalue weighted by Gasteiger charge is -2.41. The summed E-state index contributed by atoms with van der Waals surface area (Å²) in [7, 11) is 3.22. The van der Waals surface area contributed by atoms with E-state index in [0.29, 0.717) is 12.8 Å². The van der Waals surface area contributed by atoms with Crippen molar-refractivity contribution in [2.45, 2.75) is 45.2 Å². The minimum Gasteiger partial charge on any atom is -0.497 e. The molecule has 1 aliphatic rings. The van der Waals surface area contributed by atoms with Gasteiger partial charge >= 0.3 is 0 Å². The summed E-state index contributed by atoms with van der Waals surface area (Å²) in [5, 5.41) is 3.11. The van der Waals surface area contributed by atoms with E-state index in [9.17, 15) is 9.59 Å². The lowest BCUT2D eigenvalue weighted by Crippen LogP contribution is -2.49. The van der Waals surface area contributed by atoms with Crippen molar-refractivity contribution in [3.05, 3.63) is 54.1 Å². The third-order valence-corrected chi connectivity index (χ3v) is 5.74. The van der Waals surface area contributed by atoms with E-state index < -0.39 is 6.04 Å². The van der Waals surface area contributed by atoms with Gasteiger partial charge in [-0.1, -0.05) is 19.1 Å². The molecule has 6 nitrogen and oxygen atoms in total. The number of nitrogens with one attached hydrogen (secondary N) is 1. The molecule has 1 heterocycles. The van der Waals surface area contributed by atoms with Gasteiger partial charge in [-0.15, -0.1) is 0 Å². The summed E-state index contributed by atoms with van der Waals surface area (Å²) in [6.45, 7) is 4.04. The molecule has 6 heteroatoms. The average Bonchev–Trinajstić information content (AvgIpc) is 2.78. The molecule has 0 saturated carbocycles. The lowest BCUT2D eigenvalue weighted by atomic mass is 9.83. The number of amides is 2. The van der Waals surface area contributed by atoms with Gasteiger partial charge in [0.15, 0.2) is 0 Å². The molecular weight excluding hydrogens is 380 g/mol. The highest BCUT2D eigenvalue weighted by Crippen LogP contribution is 2.41. The second kappa shape index (κ2) is 9.65. The van der Waals surface area contributed by atoms with Crippen LogP contribution in [0, 0.1) is 5.92 Å². The second-order valence-corrected chi connectivity index (χ2v) is 7.64. The monoisotopic (exact) mass is 410 g/mol. The summed E-state index contributed by atoms with van der Waals surface area (Å²) in [6.07, 6.45) is 1.70. The fraction of sp³-hybridized carbons (Fsp3) is 0.417. The molecule has 3 atom stereocenters. The highest BCUT2D eigenvalue weighted by atomic mass is 16.5. The third-order valence-electron chi connectivity index (χ3n) is 5.74. The van der Waals surface area contributed by atoms with Crippen molar-refractivity contribution < 1.29 is 19.1 Å². The van der Waals surface area contributed by atoms with Gasteiger partial charge < -0.3 is 19.7 Å². The van der Waals surface area contributed by atoms with E-state index in [-0.39, 0.29) is 23.8 Å². The number of methoxy groups -OCH3 is 2. The van der Waals surface area contributed by atoms with E-state index in [1.807, 2.05) is 62.4 Å². The van der Waals surface area contributed by atoms with Crippen LogP contribution in [0.4, 0.5) is 5.69 Å². The van der Waals surface area contributed by atoms with E-state index >= 15 is 0 Å². The number of ether oxygens (including phenoxy) is 2. The van der Waals surface area contributed by atoms with Crippen LogP contribution < -0.4 is 19.7 Å². The average molecular weight is 411 g/mol. The van der Waals surface area contributed by atoms with Crippen molar-refractivity contribution in [3.8, 4) is 11.5 Å². The van der Waals surface area contributed by atoms with Crippen molar-refractivity contribution in [3.63, 3.8) is 0 Å². The molecule has 30 heavy (non-hydrogen) atoms. The van der Waals surface area contributed by atoms with Gasteiger partial charge in [0.25, 0.3) is 0 Å². The molecule has 1 fully saturated rings. The second-order valence-electron chi connectivity index (χ2n) is 7.64. The number of hydrogen-bond donors (Lipinski definition) is 1. The summed E-state index contributed by atoms with van der Waals surface area (Å²) in [5.41, 5.74) is 1.66. The Morgan fingerprint density at radius 3 is 2.17 bits per heavy atom. The first kappa shape index (κ1) is 21.7. The molecule has 2 aromatic carbocycles. The van der Waals surface area contributed by atoms with Crippen LogP contribution in [0.2, 0.25) is 0 Å². The van der Waals surface area contributed by atoms with Crippen molar-refractivity contribution in [2.24, 2.45) is 5.92 Å². The number of rotatable bonds is 7. The Kier molecular flexibility index (Phi) is 6.98. The molecular formula is C24H30N2O4.